The highest BCUT2D eigenvalue weighted by Crippen LogP contribution is 2.34. The first-order valence-corrected chi connectivity index (χ1v) is 12.4. The molecule has 0 aliphatic heterocycles. The molecule has 0 aliphatic carbocycles. The number of anilines is 2. The molecule has 0 fully saturated rings. The van der Waals surface area contributed by atoms with E-state index in [1.165, 1.54) is 51.7 Å². The summed E-state index contributed by atoms with van der Waals surface area (Å²) in [4.78, 5) is 25.5. The van der Waals surface area contributed by atoms with Crippen LogP contribution < -0.4 is 19.1 Å². The van der Waals surface area contributed by atoms with E-state index in [1.807, 2.05) is 0 Å². The number of sulfonamides is 1. The number of esters is 1. The number of ether oxygens (including phenoxy) is 3. The van der Waals surface area contributed by atoms with E-state index in [-0.39, 0.29) is 33.3 Å². The van der Waals surface area contributed by atoms with E-state index in [0.717, 1.165) is 9.87 Å². The molecule has 190 valence electrons. The average Bonchev–Trinajstić information content (AvgIpc) is 2.88. The van der Waals surface area contributed by atoms with Crippen molar-refractivity contribution >= 4 is 44.9 Å². The fraction of sp³-hybridized carbons (Fsp3) is 0.200. The molecule has 0 saturated heterocycles. The van der Waals surface area contributed by atoms with Crippen molar-refractivity contribution in [3.05, 3.63) is 76.8 Å². The minimum Gasteiger partial charge on any atom is -0.493 e. The van der Waals surface area contributed by atoms with Gasteiger partial charge in [0.15, 0.2) is 11.5 Å². The second-order valence-corrected chi connectivity index (χ2v) is 9.82. The number of hydrogen-bond acceptors (Lipinski definition) is 7. The van der Waals surface area contributed by atoms with Gasteiger partial charge >= 0.3 is 5.97 Å². The van der Waals surface area contributed by atoms with Crippen molar-refractivity contribution in [2.75, 3.05) is 37.5 Å². The summed E-state index contributed by atoms with van der Waals surface area (Å²) >= 11 is 6.25. The lowest BCUT2D eigenvalue weighted by Gasteiger charge is -2.25. The third-order valence-corrected chi connectivity index (χ3v) is 7.46. The molecule has 11 heteroatoms. The van der Waals surface area contributed by atoms with Crippen molar-refractivity contribution in [3.8, 4) is 11.5 Å². The Morgan fingerprint density at radius 1 is 0.944 bits per heavy atom. The fourth-order valence-corrected chi connectivity index (χ4v) is 4.96. The van der Waals surface area contributed by atoms with Crippen LogP contribution in [-0.4, -0.2) is 48.2 Å². The maximum atomic E-state index is 13.5. The number of carbonyl (C=O) groups is 2. The van der Waals surface area contributed by atoms with Crippen molar-refractivity contribution < 1.29 is 32.2 Å². The summed E-state index contributed by atoms with van der Waals surface area (Å²) in [5.41, 5.74) is 1.00. The second-order valence-electron chi connectivity index (χ2n) is 7.55. The summed E-state index contributed by atoms with van der Waals surface area (Å²) in [6.07, 6.45) is 0. The largest absolute Gasteiger partial charge is 0.493 e. The number of amides is 1. The zero-order chi connectivity index (χ0) is 26.5. The van der Waals surface area contributed by atoms with Crippen LogP contribution in [-0.2, 0) is 19.6 Å². The third-order valence-electron chi connectivity index (χ3n) is 5.26. The SMILES string of the molecule is COC(=O)c1cc(OC)c(OC)cc1NC(=O)CN(c1ccc(C)c(Cl)c1)S(=O)(=O)c1ccccc1. The molecule has 0 atom stereocenters. The summed E-state index contributed by atoms with van der Waals surface area (Å²) in [5, 5.41) is 2.93. The average molecular weight is 533 g/mol. The van der Waals surface area contributed by atoms with Crippen molar-refractivity contribution in [2.45, 2.75) is 11.8 Å². The third kappa shape index (κ3) is 5.72. The Bertz CT molecular complexity index is 1380. The van der Waals surface area contributed by atoms with Crippen molar-refractivity contribution in [1.29, 1.82) is 0 Å². The lowest BCUT2D eigenvalue weighted by atomic mass is 10.1. The quantitative estimate of drug-likeness (QED) is 0.409. The van der Waals surface area contributed by atoms with Crippen LogP contribution in [0.25, 0.3) is 0 Å². The first-order valence-electron chi connectivity index (χ1n) is 10.6. The Morgan fingerprint density at radius 3 is 2.17 bits per heavy atom. The van der Waals surface area contributed by atoms with E-state index in [1.54, 1.807) is 37.3 Å². The molecule has 0 saturated carbocycles. The standard InChI is InChI=1S/C25H25ClN2O7S/c1-16-10-11-17(12-20(16)26)28(36(31,32)18-8-6-5-7-9-18)15-24(29)27-21-14-23(34-3)22(33-2)13-19(21)25(30)35-4/h5-14H,15H2,1-4H3,(H,27,29). The summed E-state index contributed by atoms with van der Waals surface area (Å²) in [7, 11) is -0.155. The minimum atomic E-state index is -4.15. The molecule has 1 amide bonds. The number of hydrogen-bond donors (Lipinski definition) is 1. The molecule has 0 heterocycles. The van der Waals surface area contributed by atoms with Gasteiger partial charge in [0.2, 0.25) is 5.91 Å². The Balaban J connectivity index is 2.03. The number of methoxy groups -OCH3 is 3. The van der Waals surface area contributed by atoms with E-state index in [4.69, 9.17) is 25.8 Å². The van der Waals surface area contributed by atoms with E-state index in [0.29, 0.717) is 5.02 Å². The maximum Gasteiger partial charge on any atom is 0.340 e. The highest BCUT2D eigenvalue weighted by atomic mass is 35.5. The molecule has 1 N–H and O–H groups in total. The molecule has 0 bridgehead atoms. The normalized spacial score (nSPS) is 10.9. The van der Waals surface area contributed by atoms with Gasteiger partial charge in [0.05, 0.1) is 43.2 Å². The van der Waals surface area contributed by atoms with Gasteiger partial charge in [-0.15, -0.1) is 0 Å². The van der Waals surface area contributed by atoms with E-state index >= 15 is 0 Å². The van der Waals surface area contributed by atoms with E-state index in [2.05, 4.69) is 5.32 Å². The molecule has 3 aromatic carbocycles. The highest BCUT2D eigenvalue weighted by molar-refractivity contribution is 7.92. The lowest BCUT2D eigenvalue weighted by Crippen LogP contribution is -2.38. The minimum absolute atomic E-state index is 0.000605. The molecule has 36 heavy (non-hydrogen) atoms. The summed E-state index contributed by atoms with van der Waals surface area (Å²) in [5.74, 6) is -0.952. The number of nitrogens with zero attached hydrogens (tertiary/aromatic N) is 1. The highest BCUT2D eigenvalue weighted by Gasteiger charge is 2.28. The Morgan fingerprint density at radius 2 is 1.58 bits per heavy atom. The van der Waals surface area contributed by atoms with Crippen LogP contribution in [0, 0.1) is 6.92 Å². The van der Waals surface area contributed by atoms with Crippen molar-refractivity contribution in [1.82, 2.24) is 0 Å². The predicted octanol–water partition coefficient (Wildman–Crippen LogP) is 4.29. The summed E-state index contributed by atoms with van der Waals surface area (Å²) in [6, 6.07) is 15.2. The van der Waals surface area contributed by atoms with Gasteiger partial charge in [-0.2, -0.15) is 0 Å². The van der Waals surface area contributed by atoms with Crippen LogP contribution in [0.4, 0.5) is 11.4 Å². The zero-order valence-electron chi connectivity index (χ0n) is 20.1. The molecule has 0 aliphatic rings. The lowest BCUT2D eigenvalue weighted by molar-refractivity contribution is -0.114. The number of carbonyl (C=O) groups excluding carboxylic acids is 2. The Labute approximate surface area is 214 Å². The Kier molecular flexibility index (Phi) is 8.44. The van der Waals surface area contributed by atoms with Gasteiger partial charge in [-0.25, -0.2) is 13.2 Å². The van der Waals surface area contributed by atoms with Crippen molar-refractivity contribution in [3.63, 3.8) is 0 Å². The van der Waals surface area contributed by atoms with Gasteiger partial charge in [0.25, 0.3) is 10.0 Å². The van der Waals surface area contributed by atoms with E-state index in [9.17, 15) is 18.0 Å². The molecular weight excluding hydrogens is 508 g/mol. The molecule has 9 nitrogen and oxygen atoms in total. The molecule has 0 aromatic heterocycles. The number of rotatable bonds is 9. The second kappa shape index (κ2) is 11.3. The van der Waals surface area contributed by atoms with Gasteiger partial charge in [0.1, 0.15) is 6.54 Å². The first-order chi connectivity index (χ1) is 17.1. The molecule has 0 spiro atoms. The van der Waals surface area contributed by atoms with Gasteiger partial charge in [-0.05, 0) is 36.8 Å². The molecular formula is C25H25ClN2O7S. The molecule has 0 radical (unpaired) electrons. The predicted molar refractivity (Wildman–Crippen MR) is 137 cm³/mol. The maximum absolute atomic E-state index is 13.5. The van der Waals surface area contributed by atoms with Gasteiger partial charge in [0, 0.05) is 17.2 Å². The van der Waals surface area contributed by atoms with Crippen LogP contribution in [0.2, 0.25) is 5.02 Å². The number of nitrogens with one attached hydrogen (secondary N) is 1. The van der Waals surface area contributed by atoms with Crippen LogP contribution in [0.5, 0.6) is 11.5 Å². The fourth-order valence-electron chi connectivity index (χ4n) is 3.35. The number of aryl methyl sites for hydroxylation is 1. The van der Waals surface area contributed by atoms with Crippen LogP contribution in [0.15, 0.2) is 65.6 Å². The summed E-state index contributed by atoms with van der Waals surface area (Å²) in [6.45, 7) is 1.17. The van der Waals surface area contributed by atoms with Crippen molar-refractivity contribution in [2.24, 2.45) is 0 Å². The summed E-state index contributed by atoms with van der Waals surface area (Å²) < 4.78 is 43.3. The number of benzene rings is 3. The van der Waals surface area contributed by atoms with Gasteiger partial charge < -0.3 is 19.5 Å². The van der Waals surface area contributed by atoms with E-state index < -0.39 is 28.4 Å². The zero-order valence-corrected chi connectivity index (χ0v) is 21.6. The molecule has 3 rings (SSSR count). The van der Waals surface area contributed by atoms with Crippen LogP contribution >= 0.6 is 11.6 Å². The molecule has 0 unspecified atom stereocenters. The van der Waals surface area contributed by atoms with Gasteiger partial charge in [-0.3, -0.25) is 9.10 Å². The first kappa shape index (κ1) is 26.8. The molecule has 3 aromatic rings. The smallest absolute Gasteiger partial charge is 0.340 e. The Hall–Kier alpha value is -3.76. The monoisotopic (exact) mass is 532 g/mol. The van der Waals surface area contributed by atoms with Gasteiger partial charge in [-0.1, -0.05) is 35.9 Å². The number of halogens is 1. The van der Waals surface area contributed by atoms with Crippen LogP contribution in [0.1, 0.15) is 15.9 Å². The topological polar surface area (TPSA) is 111 Å². The van der Waals surface area contributed by atoms with Crippen LogP contribution in [0.3, 0.4) is 0 Å².